The highest BCUT2D eigenvalue weighted by Crippen LogP contribution is 2.39. The molecule has 0 aromatic heterocycles. The van der Waals surface area contributed by atoms with Crippen LogP contribution in [0.1, 0.15) is 25.0 Å². The molecule has 0 spiro atoms. The van der Waals surface area contributed by atoms with Gasteiger partial charge in [0.05, 0.1) is 28.4 Å². The van der Waals surface area contributed by atoms with Gasteiger partial charge >= 0.3 is 0 Å². The van der Waals surface area contributed by atoms with Gasteiger partial charge in [0.1, 0.15) is 0 Å². The van der Waals surface area contributed by atoms with E-state index in [0.717, 1.165) is 24.0 Å². The van der Waals surface area contributed by atoms with Crippen LogP contribution < -0.4 is 18.9 Å². The van der Waals surface area contributed by atoms with Gasteiger partial charge in [-0.05, 0) is 60.1 Å². The second-order valence-corrected chi connectivity index (χ2v) is 7.06. The van der Waals surface area contributed by atoms with Crippen LogP contribution in [0.15, 0.2) is 24.3 Å². The Bertz CT molecular complexity index is 684. The van der Waals surface area contributed by atoms with Crippen molar-refractivity contribution in [3.63, 3.8) is 0 Å². The minimum Gasteiger partial charge on any atom is -0.502 e. The van der Waals surface area contributed by atoms with Gasteiger partial charge in [-0.25, -0.2) is 0 Å². The highest BCUT2D eigenvalue weighted by atomic mass is 16.5. The van der Waals surface area contributed by atoms with Crippen molar-refractivity contribution in [2.75, 3.05) is 28.4 Å². The van der Waals surface area contributed by atoms with Gasteiger partial charge in [0.2, 0.25) is 11.5 Å². The molecule has 0 bridgehead atoms. The number of benzene rings is 2. The Morgan fingerprint density at radius 2 is 0.857 bits per heavy atom. The summed E-state index contributed by atoms with van der Waals surface area (Å²) in [6.07, 6.45) is 1.61. The summed E-state index contributed by atoms with van der Waals surface area (Å²) in [6.45, 7) is 4.37. The third kappa shape index (κ3) is 4.74. The maximum absolute atomic E-state index is 10.1. The Hall–Kier alpha value is -2.76. The van der Waals surface area contributed by atoms with Crippen molar-refractivity contribution < 1.29 is 29.2 Å². The Balaban J connectivity index is 2.16. The van der Waals surface area contributed by atoms with Gasteiger partial charge in [-0.3, -0.25) is 0 Å². The first-order valence-electron chi connectivity index (χ1n) is 9.22. The Labute approximate surface area is 166 Å². The second kappa shape index (κ2) is 9.44. The van der Waals surface area contributed by atoms with Crippen molar-refractivity contribution in [1.82, 2.24) is 0 Å². The van der Waals surface area contributed by atoms with Crippen molar-refractivity contribution in [2.24, 2.45) is 11.8 Å². The zero-order valence-electron chi connectivity index (χ0n) is 17.4. The first kappa shape index (κ1) is 21.5. The summed E-state index contributed by atoms with van der Waals surface area (Å²) in [4.78, 5) is 0. The van der Waals surface area contributed by atoms with Crippen LogP contribution in [0, 0.1) is 11.8 Å². The zero-order chi connectivity index (χ0) is 20.8. The molecule has 2 aromatic carbocycles. The number of phenols is 2. The van der Waals surface area contributed by atoms with Crippen molar-refractivity contribution in [2.45, 2.75) is 26.7 Å². The molecule has 0 amide bonds. The fourth-order valence-electron chi connectivity index (χ4n) is 3.28. The number of methoxy groups -OCH3 is 4. The van der Waals surface area contributed by atoms with Crippen molar-refractivity contribution >= 4 is 0 Å². The SMILES string of the molecule is COc1cc(CC(C)C(C)Cc2cc(OC)c(O)c(OC)c2)cc(OC)c1O. The molecule has 6 nitrogen and oxygen atoms in total. The minimum atomic E-state index is 0.0118. The summed E-state index contributed by atoms with van der Waals surface area (Å²) in [7, 11) is 6.09. The van der Waals surface area contributed by atoms with Gasteiger partial charge < -0.3 is 29.2 Å². The minimum absolute atomic E-state index is 0.0118. The van der Waals surface area contributed by atoms with Gasteiger partial charge in [0.25, 0.3) is 0 Å². The first-order valence-corrected chi connectivity index (χ1v) is 9.22. The molecule has 28 heavy (non-hydrogen) atoms. The molecule has 2 aromatic rings. The van der Waals surface area contributed by atoms with E-state index in [1.165, 1.54) is 28.4 Å². The Morgan fingerprint density at radius 1 is 0.607 bits per heavy atom. The van der Waals surface area contributed by atoms with Gasteiger partial charge in [-0.2, -0.15) is 0 Å². The summed E-state index contributed by atoms with van der Waals surface area (Å²) in [5, 5.41) is 20.2. The molecule has 2 N–H and O–H groups in total. The summed E-state index contributed by atoms with van der Waals surface area (Å²) in [6, 6.07) is 7.36. The lowest BCUT2D eigenvalue weighted by Gasteiger charge is -2.22. The normalized spacial score (nSPS) is 12.9. The van der Waals surface area contributed by atoms with E-state index in [-0.39, 0.29) is 11.5 Å². The Kier molecular flexibility index (Phi) is 7.26. The molecule has 6 heteroatoms. The fourth-order valence-corrected chi connectivity index (χ4v) is 3.28. The number of ether oxygens (including phenoxy) is 4. The quantitative estimate of drug-likeness (QED) is 0.669. The Morgan fingerprint density at radius 3 is 1.07 bits per heavy atom. The molecule has 0 heterocycles. The molecule has 0 radical (unpaired) electrons. The third-order valence-corrected chi connectivity index (χ3v) is 5.17. The van der Waals surface area contributed by atoms with E-state index in [1.54, 1.807) is 0 Å². The molecule has 2 rings (SSSR count). The predicted molar refractivity (Wildman–Crippen MR) is 108 cm³/mol. The summed E-state index contributed by atoms with van der Waals surface area (Å²) < 4.78 is 21.0. The average molecular weight is 390 g/mol. The van der Waals surface area contributed by atoms with Gasteiger partial charge in [-0.1, -0.05) is 13.8 Å². The number of rotatable bonds is 9. The molecular weight excluding hydrogens is 360 g/mol. The lowest BCUT2D eigenvalue weighted by Crippen LogP contribution is -2.14. The molecule has 0 fully saturated rings. The molecule has 0 aliphatic heterocycles. The molecule has 0 saturated carbocycles. The molecule has 0 aliphatic carbocycles. The van der Waals surface area contributed by atoms with Gasteiger partial charge in [-0.15, -0.1) is 0 Å². The maximum atomic E-state index is 10.1. The molecule has 2 unspecified atom stereocenters. The van der Waals surface area contributed by atoms with Crippen LogP contribution in [0.25, 0.3) is 0 Å². The summed E-state index contributed by atoms with van der Waals surface area (Å²) in [5.74, 6) is 2.35. The first-order chi connectivity index (χ1) is 13.3. The van der Waals surface area contributed by atoms with E-state index in [9.17, 15) is 10.2 Å². The monoisotopic (exact) mass is 390 g/mol. The third-order valence-electron chi connectivity index (χ3n) is 5.17. The zero-order valence-corrected chi connectivity index (χ0v) is 17.4. The van der Waals surface area contributed by atoms with E-state index in [2.05, 4.69) is 13.8 Å². The summed E-state index contributed by atoms with van der Waals surface area (Å²) in [5.41, 5.74) is 2.07. The molecular formula is C22H30O6. The van der Waals surface area contributed by atoms with Crippen LogP contribution in [-0.4, -0.2) is 38.7 Å². The molecule has 2 atom stereocenters. The van der Waals surface area contributed by atoms with Gasteiger partial charge in [0.15, 0.2) is 23.0 Å². The van der Waals surface area contributed by atoms with Crippen LogP contribution in [0.4, 0.5) is 0 Å². The van der Waals surface area contributed by atoms with E-state index < -0.39 is 0 Å². The second-order valence-electron chi connectivity index (χ2n) is 7.06. The van der Waals surface area contributed by atoms with E-state index in [0.29, 0.717) is 34.8 Å². The van der Waals surface area contributed by atoms with E-state index >= 15 is 0 Å². The molecule has 0 saturated heterocycles. The molecule has 154 valence electrons. The lowest BCUT2D eigenvalue weighted by atomic mass is 9.85. The largest absolute Gasteiger partial charge is 0.502 e. The maximum Gasteiger partial charge on any atom is 0.200 e. The predicted octanol–water partition coefficient (Wildman–Crippen LogP) is 4.19. The standard InChI is InChI=1S/C22H30O6/c1-13(7-15-9-17(25-3)21(23)18(10-15)26-4)14(2)8-16-11-19(27-5)22(24)20(12-16)28-6/h9-14,23-24H,7-8H2,1-6H3. The molecule has 0 aliphatic rings. The topological polar surface area (TPSA) is 77.4 Å². The number of aromatic hydroxyl groups is 2. The van der Waals surface area contributed by atoms with E-state index in [4.69, 9.17) is 18.9 Å². The van der Waals surface area contributed by atoms with Gasteiger partial charge in [0, 0.05) is 0 Å². The number of hydrogen-bond donors (Lipinski definition) is 2. The number of phenolic OH excluding ortho intramolecular Hbond substituents is 2. The van der Waals surface area contributed by atoms with Crippen LogP contribution >= 0.6 is 0 Å². The smallest absolute Gasteiger partial charge is 0.200 e. The lowest BCUT2D eigenvalue weighted by molar-refractivity contribution is 0.334. The van der Waals surface area contributed by atoms with Crippen molar-refractivity contribution in [3.05, 3.63) is 35.4 Å². The highest BCUT2D eigenvalue weighted by Gasteiger charge is 2.19. The average Bonchev–Trinajstić information content (AvgIpc) is 2.69. The highest BCUT2D eigenvalue weighted by molar-refractivity contribution is 5.53. The van der Waals surface area contributed by atoms with Crippen molar-refractivity contribution in [3.8, 4) is 34.5 Å². The van der Waals surface area contributed by atoms with Crippen molar-refractivity contribution in [1.29, 1.82) is 0 Å². The van der Waals surface area contributed by atoms with Crippen LogP contribution in [0.2, 0.25) is 0 Å². The fraction of sp³-hybridized carbons (Fsp3) is 0.455. The van der Waals surface area contributed by atoms with Crippen LogP contribution in [0.3, 0.4) is 0 Å². The van der Waals surface area contributed by atoms with Crippen LogP contribution in [-0.2, 0) is 12.8 Å². The van der Waals surface area contributed by atoms with E-state index in [1.807, 2.05) is 24.3 Å². The van der Waals surface area contributed by atoms with Crippen LogP contribution in [0.5, 0.6) is 34.5 Å². The summed E-state index contributed by atoms with van der Waals surface area (Å²) >= 11 is 0. The number of hydrogen-bond acceptors (Lipinski definition) is 6.